The van der Waals surface area contributed by atoms with Crippen LogP contribution < -0.4 is 0 Å². The molecule has 1 aromatic heterocycles. The molecule has 0 aliphatic rings. The Morgan fingerprint density at radius 2 is 1.65 bits per heavy atom. The first-order valence-electron chi connectivity index (χ1n) is 7.65. The third kappa shape index (κ3) is 4.09. The van der Waals surface area contributed by atoms with E-state index in [1.165, 1.54) is 10.9 Å². The van der Waals surface area contributed by atoms with Crippen LogP contribution in [0.5, 0.6) is 0 Å². The number of hydrogen-bond donors (Lipinski definition) is 0. The highest BCUT2D eigenvalue weighted by Crippen LogP contribution is 2.16. The second kappa shape index (κ2) is 7.68. The lowest BCUT2D eigenvalue weighted by atomic mass is 10.2. The third-order valence-corrected chi connectivity index (χ3v) is 4.08. The molecule has 0 aliphatic carbocycles. The highest BCUT2D eigenvalue weighted by Gasteiger charge is 2.16. The number of rotatable bonds is 3. The van der Waals surface area contributed by atoms with E-state index in [4.69, 9.17) is 27.9 Å². The summed E-state index contributed by atoms with van der Waals surface area (Å²) in [4.78, 5) is 13.8. The third-order valence-electron chi connectivity index (χ3n) is 3.61. The Morgan fingerprint density at radius 1 is 1.04 bits per heavy atom. The Balaban J connectivity index is 2.00. The summed E-state index contributed by atoms with van der Waals surface area (Å²) < 4.78 is 5.51. The van der Waals surface area contributed by atoms with Gasteiger partial charge in [-0.2, -0.15) is 0 Å². The summed E-state index contributed by atoms with van der Waals surface area (Å²) in [7, 11) is 0. The van der Waals surface area contributed by atoms with E-state index in [1.54, 1.807) is 42.5 Å². The molecule has 3 rings (SSSR count). The topological polar surface area (TPSA) is 69.4 Å². The quantitative estimate of drug-likeness (QED) is 0.381. The van der Waals surface area contributed by atoms with Crippen molar-refractivity contribution in [2.45, 2.75) is 13.8 Å². The predicted molar refractivity (Wildman–Crippen MR) is 99.8 cm³/mol. The van der Waals surface area contributed by atoms with Crippen LogP contribution >= 0.6 is 23.2 Å². The van der Waals surface area contributed by atoms with E-state index in [9.17, 15) is 4.79 Å². The molecular formula is C18H14Cl2N4O2. The van der Waals surface area contributed by atoms with Crippen molar-refractivity contribution < 1.29 is 9.53 Å². The molecular weight excluding hydrogens is 375 g/mol. The zero-order valence-electron chi connectivity index (χ0n) is 14.0. The van der Waals surface area contributed by atoms with Crippen molar-refractivity contribution in [2.24, 2.45) is 5.10 Å². The van der Waals surface area contributed by atoms with Crippen molar-refractivity contribution in [2.75, 3.05) is 0 Å². The van der Waals surface area contributed by atoms with Crippen molar-refractivity contribution in [3.8, 4) is 0 Å². The fourth-order valence-electron chi connectivity index (χ4n) is 2.10. The molecule has 0 spiro atoms. The second-order valence-corrected chi connectivity index (χ2v) is 6.34. The lowest BCUT2D eigenvalue weighted by molar-refractivity contribution is 0.0716. The highest BCUT2D eigenvalue weighted by molar-refractivity contribution is 6.31. The van der Waals surface area contributed by atoms with Gasteiger partial charge in [0.15, 0.2) is 0 Å². The molecule has 3 aromatic rings. The summed E-state index contributed by atoms with van der Waals surface area (Å²) in [6.07, 6.45) is 0. The van der Waals surface area contributed by atoms with Gasteiger partial charge in [0.05, 0.1) is 17.0 Å². The lowest BCUT2D eigenvalue weighted by Gasteiger charge is -2.09. The van der Waals surface area contributed by atoms with Crippen molar-refractivity contribution in [3.05, 3.63) is 81.1 Å². The van der Waals surface area contributed by atoms with Gasteiger partial charge in [-0.1, -0.05) is 35.3 Å². The van der Waals surface area contributed by atoms with Gasteiger partial charge in [-0.25, -0.2) is 4.79 Å². The number of benzene rings is 2. The molecule has 0 saturated heterocycles. The van der Waals surface area contributed by atoms with E-state index >= 15 is 0 Å². The maximum Gasteiger partial charge on any atom is 0.344 e. The van der Waals surface area contributed by atoms with Gasteiger partial charge in [0, 0.05) is 15.6 Å². The molecule has 0 bridgehead atoms. The molecule has 26 heavy (non-hydrogen) atoms. The number of nitrogens with zero attached hydrogens (tertiary/aromatic N) is 4. The summed E-state index contributed by atoms with van der Waals surface area (Å²) in [5, 5.41) is 13.1. The SMILES string of the molecule is Cc1nnn(N=C(OC(=O)c2cccc(Cl)c2)c2cccc(Cl)c2)c1C. The number of carbonyl (C=O) groups is 1. The number of carbonyl (C=O) groups excluding carboxylic acids is 1. The molecule has 8 heteroatoms. The van der Waals surface area contributed by atoms with Gasteiger partial charge in [0.1, 0.15) is 0 Å². The molecule has 0 atom stereocenters. The van der Waals surface area contributed by atoms with Crippen LogP contribution in [0.4, 0.5) is 0 Å². The predicted octanol–water partition coefficient (Wildman–Crippen LogP) is 4.27. The van der Waals surface area contributed by atoms with Crippen LogP contribution in [0.25, 0.3) is 0 Å². The first kappa shape index (κ1) is 18.1. The standard InChI is InChI=1S/C18H14Cl2N4O2/c1-11-12(2)24(23-21-11)22-17(13-5-3-7-15(19)9-13)26-18(25)14-6-4-8-16(20)10-14/h3-10H,1-2H3. The lowest BCUT2D eigenvalue weighted by Crippen LogP contribution is -2.16. The molecule has 0 radical (unpaired) electrons. The second-order valence-electron chi connectivity index (χ2n) is 5.47. The number of ether oxygens (including phenoxy) is 1. The minimum Gasteiger partial charge on any atom is -0.402 e. The number of aryl methyl sites for hydroxylation is 1. The van der Waals surface area contributed by atoms with Gasteiger partial charge in [-0.3, -0.25) is 0 Å². The number of esters is 1. The Bertz CT molecular complexity index is 998. The van der Waals surface area contributed by atoms with Crippen LogP contribution in [-0.2, 0) is 4.74 Å². The Labute approximate surface area is 160 Å². The molecule has 0 N–H and O–H groups in total. The molecule has 0 amide bonds. The Hall–Kier alpha value is -2.70. The van der Waals surface area contributed by atoms with E-state index in [1.807, 2.05) is 13.8 Å². The average Bonchev–Trinajstić information content (AvgIpc) is 2.93. The van der Waals surface area contributed by atoms with Crippen LogP contribution in [0.3, 0.4) is 0 Å². The van der Waals surface area contributed by atoms with Gasteiger partial charge < -0.3 is 4.74 Å². The van der Waals surface area contributed by atoms with Gasteiger partial charge in [-0.15, -0.1) is 15.0 Å². The van der Waals surface area contributed by atoms with E-state index in [2.05, 4.69) is 15.4 Å². The van der Waals surface area contributed by atoms with Gasteiger partial charge in [-0.05, 0) is 55.5 Å². The van der Waals surface area contributed by atoms with Crippen molar-refractivity contribution in [3.63, 3.8) is 0 Å². The summed E-state index contributed by atoms with van der Waals surface area (Å²) >= 11 is 12.0. The average molecular weight is 389 g/mol. The summed E-state index contributed by atoms with van der Waals surface area (Å²) in [6, 6.07) is 13.3. The van der Waals surface area contributed by atoms with Crippen LogP contribution in [0.1, 0.15) is 27.3 Å². The summed E-state index contributed by atoms with van der Waals surface area (Å²) in [6.45, 7) is 3.62. The normalized spacial score (nSPS) is 11.5. The van der Waals surface area contributed by atoms with Crippen molar-refractivity contribution in [1.29, 1.82) is 0 Å². The zero-order valence-corrected chi connectivity index (χ0v) is 15.5. The molecule has 0 saturated carbocycles. The molecule has 132 valence electrons. The summed E-state index contributed by atoms with van der Waals surface area (Å²) in [5.74, 6) is -0.550. The number of aromatic nitrogens is 3. The fraction of sp³-hybridized carbons (Fsp3) is 0.111. The maximum atomic E-state index is 12.5. The van der Waals surface area contributed by atoms with E-state index in [0.29, 0.717) is 21.2 Å². The number of halogens is 2. The largest absolute Gasteiger partial charge is 0.402 e. The number of hydrogen-bond acceptors (Lipinski definition) is 5. The minimum absolute atomic E-state index is 0.0467. The first-order chi connectivity index (χ1) is 12.4. The first-order valence-corrected chi connectivity index (χ1v) is 8.41. The summed E-state index contributed by atoms with van der Waals surface area (Å²) in [5.41, 5.74) is 2.28. The maximum absolute atomic E-state index is 12.5. The molecule has 0 fully saturated rings. The van der Waals surface area contributed by atoms with Crippen molar-refractivity contribution >= 4 is 35.1 Å². The molecule has 0 aliphatic heterocycles. The zero-order chi connectivity index (χ0) is 18.7. The smallest absolute Gasteiger partial charge is 0.344 e. The van der Waals surface area contributed by atoms with Crippen LogP contribution in [0.15, 0.2) is 53.6 Å². The molecule has 2 aromatic carbocycles. The van der Waals surface area contributed by atoms with Crippen molar-refractivity contribution in [1.82, 2.24) is 15.1 Å². The van der Waals surface area contributed by atoms with Gasteiger partial charge >= 0.3 is 5.97 Å². The van der Waals surface area contributed by atoms with Crippen LogP contribution in [-0.4, -0.2) is 27.0 Å². The van der Waals surface area contributed by atoms with Crippen LogP contribution in [0, 0.1) is 13.8 Å². The highest BCUT2D eigenvalue weighted by atomic mass is 35.5. The molecule has 0 unspecified atom stereocenters. The molecule has 6 nitrogen and oxygen atoms in total. The van der Waals surface area contributed by atoms with Gasteiger partial charge in [0.2, 0.25) is 5.90 Å². The Kier molecular flexibility index (Phi) is 5.35. The van der Waals surface area contributed by atoms with E-state index in [0.717, 1.165) is 11.4 Å². The fourth-order valence-corrected chi connectivity index (χ4v) is 2.48. The monoisotopic (exact) mass is 388 g/mol. The van der Waals surface area contributed by atoms with E-state index < -0.39 is 5.97 Å². The molecule has 1 heterocycles. The van der Waals surface area contributed by atoms with E-state index in [-0.39, 0.29) is 5.90 Å². The Morgan fingerprint density at radius 3 is 2.23 bits per heavy atom. The minimum atomic E-state index is -0.597. The van der Waals surface area contributed by atoms with Gasteiger partial charge in [0.25, 0.3) is 0 Å². The van der Waals surface area contributed by atoms with Crippen LogP contribution in [0.2, 0.25) is 10.0 Å².